The van der Waals surface area contributed by atoms with Crippen molar-refractivity contribution in [3.63, 3.8) is 0 Å². The number of piperazine rings is 1. The van der Waals surface area contributed by atoms with Gasteiger partial charge in [-0.15, -0.1) is 0 Å². The number of hydrogen-bond donors (Lipinski definition) is 0. The molecule has 1 unspecified atom stereocenters. The maximum Gasteiger partial charge on any atom is 0.160 e. The summed E-state index contributed by atoms with van der Waals surface area (Å²) in [6.45, 7) is 7.77. The summed E-state index contributed by atoms with van der Waals surface area (Å²) in [7, 11) is 2.11. The number of aromatic nitrogens is 3. The fourth-order valence-electron chi connectivity index (χ4n) is 2.88. The molecule has 1 atom stereocenters. The van der Waals surface area contributed by atoms with Crippen LogP contribution in [0.3, 0.4) is 0 Å². The number of aryl methyl sites for hydroxylation is 1. The number of benzene rings is 1. The number of rotatable bonds is 3. The number of hydrogen-bond acceptors (Lipinski definition) is 4. The van der Waals surface area contributed by atoms with Crippen LogP contribution in [0.15, 0.2) is 18.2 Å². The molecule has 0 saturated carbocycles. The van der Waals surface area contributed by atoms with Gasteiger partial charge in [0.25, 0.3) is 0 Å². The van der Waals surface area contributed by atoms with Crippen LogP contribution >= 0.6 is 0 Å². The van der Waals surface area contributed by atoms with Gasteiger partial charge in [0.05, 0.1) is 11.7 Å². The second kappa shape index (κ2) is 6.33. The van der Waals surface area contributed by atoms with Crippen LogP contribution in [0.4, 0.5) is 8.78 Å². The Hall–Kier alpha value is -1.86. The van der Waals surface area contributed by atoms with E-state index in [4.69, 9.17) is 0 Å². The molecular weight excluding hydrogens is 300 g/mol. The maximum atomic E-state index is 13.5. The van der Waals surface area contributed by atoms with E-state index in [9.17, 15) is 8.78 Å². The topological polar surface area (TPSA) is 37.2 Å². The molecule has 2 heterocycles. The molecule has 3 rings (SSSR count). The monoisotopic (exact) mass is 321 g/mol. The highest BCUT2D eigenvalue weighted by Crippen LogP contribution is 2.23. The lowest BCUT2D eigenvalue weighted by molar-refractivity contribution is 0.114. The van der Waals surface area contributed by atoms with E-state index in [-0.39, 0.29) is 6.04 Å². The molecule has 5 nitrogen and oxygen atoms in total. The van der Waals surface area contributed by atoms with Gasteiger partial charge in [0.2, 0.25) is 0 Å². The van der Waals surface area contributed by atoms with Crippen molar-refractivity contribution in [3.05, 3.63) is 41.5 Å². The van der Waals surface area contributed by atoms with E-state index < -0.39 is 11.6 Å². The minimum absolute atomic E-state index is 0.0537. The first-order valence-electron chi connectivity index (χ1n) is 7.77. The average molecular weight is 321 g/mol. The van der Waals surface area contributed by atoms with Gasteiger partial charge in [-0.25, -0.2) is 18.4 Å². The van der Waals surface area contributed by atoms with Crippen LogP contribution in [0.5, 0.6) is 0 Å². The maximum absolute atomic E-state index is 13.5. The Labute approximate surface area is 134 Å². The zero-order valence-electron chi connectivity index (χ0n) is 13.6. The molecule has 7 heteroatoms. The molecule has 0 bridgehead atoms. The molecular formula is C16H21F2N5. The minimum Gasteiger partial charge on any atom is -0.304 e. The third-order valence-corrected chi connectivity index (χ3v) is 4.35. The van der Waals surface area contributed by atoms with E-state index in [1.165, 1.54) is 6.07 Å². The third-order valence-electron chi connectivity index (χ3n) is 4.35. The lowest BCUT2D eigenvalue weighted by atomic mass is 10.2. The molecule has 1 fully saturated rings. The van der Waals surface area contributed by atoms with E-state index in [1.807, 2.05) is 0 Å². The number of halogens is 2. The van der Waals surface area contributed by atoms with Crippen LogP contribution in [0.2, 0.25) is 0 Å². The van der Waals surface area contributed by atoms with Gasteiger partial charge >= 0.3 is 0 Å². The molecule has 0 radical (unpaired) electrons. The number of likely N-dealkylation sites (N-methyl/N-ethyl adjacent to an activating group) is 1. The second-order valence-corrected chi connectivity index (χ2v) is 6.04. The molecule has 0 aliphatic carbocycles. The lowest BCUT2D eigenvalue weighted by Gasteiger charge is -2.35. The molecule has 2 aromatic rings. The largest absolute Gasteiger partial charge is 0.304 e. The van der Waals surface area contributed by atoms with Crippen LogP contribution in [0.1, 0.15) is 24.6 Å². The predicted molar refractivity (Wildman–Crippen MR) is 83.5 cm³/mol. The molecule has 1 saturated heterocycles. The fraction of sp³-hybridized carbons (Fsp3) is 0.500. The first kappa shape index (κ1) is 16.0. The summed E-state index contributed by atoms with van der Waals surface area (Å²) in [5, 5.41) is 4.36. The van der Waals surface area contributed by atoms with Crippen LogP contribution < -0.4 is 0 Å². The Morgan fingerprint density at radius 3 is 2.43 bits per heavy atom. The van der Waals surface area contributed by atoms with Crippen LogP contribution in [-0.4, -0.2) is 57.8 Å². The zero-order chi connectivity index (χ0) is 16.6. The molecule has 23 heavy (non-hydrogen) atoms. The highest BCUT2D eigenvalue weighted by Gasteiger charge is 2.25. The third kappa shape index (κ3) is 3.25. The van der Waals surface area contributed by atoms with Gasteiger partial charge in [0.15, 0.2) is 11.6 Å². The van der Waals surface area contributed by atoms with E-state index >= 15 is 0 Å². The van der Waals surface area contributed by atoms with Crippen molar-refractivity contribution in [2.45, 2.75) is 19.9 Å². The van der Waals surface area contributed by atoms with Gasteiger partial charge in [-0.3, -0.25) is 4.90 Å². The molecule has 1 aliphatic rings. The Morgan fingerprint density at radius 1 is 1.09 bits per heavy atom. The fourth-order valence-corrected chi connectivity index (χ4v) is 2.88. The van der Waals surface area contributed by atoms with Crippen molar-refractivity contribution in [3.8, 4) is 5.69 Å². The molecule has 0 spiro atoms. The Kier molecular flexibility index (Phi) is 4.41. The highest BCUT2D eigenvalue weighted by molar-refractivity contribution is 5.33. The zero-order valence-corrected chi connectivity index (χ0v) is 13.6. The summed E-state index contributed by atoms with van der Waals surface area (Å²) in [5.74, 6) is -0.378. The summed E-state index contributed by atoms with van der Waals surface area (Å²) in [5.41, 5.74) is 0.487. The van der Waals surface area contributed by atoms with Gasteiger partial charge < -0.3 is 4.90 Å². The Bertz CT molecular complexity index is 692. The molecule has 1 aromatic carbocycles. The summed E-state index contributed by atoms with van der Waals surface area (Å²) in [4.78, 5) is 9.13. The van der Waals surface area contributed by atoms with Crippen molar-refractivity contribution in [1.82, 2.24) is 24.6 Å². The Balaban J connectivity index is 1.92. The summed E-state index contributed by atoms with van der Waals surface area (Å²) >= 11 is 0. The molecule has 1 aliphatic heterocycles. The van der Waals surface area contributed by atoms with Gasteiger partial charge in [0, 0.05) is 32.2 Å². The van der Waals surface area contributed by atoms with Crippen LogP contribution in [0, 0.1) is 18.6 Å². The van der Waals surface area contributed by atoms with Gasteiger partial charge in [0.1, 0.15) is 11.6 Å². The van der Waals surface area contributed by atoms with Crippen molar-refractivity contribution >= 4 is 0 Å². The van der Waals surface area contributed by atoms with Crippen molar-refractivity contribution < 1.29 is 8.78 Å². The van der Waals surface area contributed by atoms with Crippen LogP contribution in [0.25, 0.3) is 5.69 Å². The van der Waals surface area contributed by atoms with Crippen LogP contribution in [-0.2, 0) is 0 Å². The lowest BCUT2D eigenvalue weighted by Crippen LogP contribution is -2.45. The summed E-state index contributed by atoms with van der Waals surface area (Å²) in [6, 6.07) is 3.85. The quantitative estimate of drug-likeness (QED) is 0.868. The van der Waals surface area contributed by atoms with Gasteiger partial charge in [-0.2, -0.15) is 5.10 Å². The summed E-state index contributed by atoms with van der Waals surface area (Å²) in [6.07, 6.45) is 0. The first-order valence-corrected chi connectivity index (χ1v) is 7.77. The Morgan fingerprint density at radius 2 is 1.78 bits per heavy atom. The molecule has 124 valence electrons. The molecule has 0 N–H and O–H groups in total. The normalized spacial score (nSPS) is 18.3. The van der Waals surface area contributed by atoms with E-state index in [0.717, 1.165) is 44.1 Å². The van der Waals surface area contributed by atoms with E-state index in [0.29, 0.717) is 11.5 Å². The van der Waals surface area contributed by atoms with E-state index in [2.05, 4.69) is 33.9 Å². The van der Waals surface area contributed by atoms with Gasteiger partial charge in [-0.05, 0) is 33.0 Å². The molecule has 0 amide bonds. The van der Waals surface area contributed by atoms with E-state index in [1.54, 1.807) is 11.6 Å². The standard InChI is InChI=1S/C16H21F2N5/c1-11(22-8-6-21(3)7-9-22)16-19-12(2)20-23(16)13-4-5-14(17)15(18)10-13/h4-5,10-11H,6-9H2,1-3H3. The summed E-state index contributed by atoms with van der Waals surface area (Å²) < 4.78 is 28.3. The van der Waals surface area contributed by atoms with Crippen molar-refractivity contribution in [2.75, 3.05) is 33.2 Å². The van der Waals surface area contributed by atoms with Gasteiger partial charge in [-0.1, -0.05) is 0 Å². The van der Waals surface area contributed by atoms with Crippen molar-refractivity contribution in [1.29, 1.82) is 0 Å². The smallest absolute Gasteiger partial charge is 0.160 e. The second-order valence-electron chi connectivity index (χ2n) is 6.04. The van der Waals surface area contributed by atoms with Crippen molar-refractivity contribution in [2.24, 2.45) is 0 Å². The first-order chi connectivity index (χ1) is 11.0. The minimum atomic E-state index is -0.881. The average Bonchev–Trinajstić information content (AvgIpc) is 2.92. The number of nitrogens with zero attached hydrogens (tertiary/aromatic N) is 5. The SMILES string of the molecule is Cc1nc(C(C)N2CCN(C)CC2)n(-c2ccc(F)c(F)c2)n1. The highest BCUT2D eigenvalue weighted by atomic mass is 19.2. The molecule has 1 aromatic heterocycles. The predicted octanol–water partition coefficient (Wildman–Crippen LogP) is 2.16.